The molecule has 0 fully saturated rings. The lowest BCUT2D eigenvalue weighted by Crippen LogP contribution is -2.39. The summed E-state index contributed by atoms with van der Waals surface area (Å²) < 4.78 is 10.8. The normalized spacial score (nSPS) is 11.5. The first-order valence-corrected chi connectivity index (χ1v) is 9.83. The molecule has 1 atom stereocenters. The minimum atomic E-state index is -0.467. The lowest BCUT2D eigenvalue weighted by Gasteiger charge is -2.18. The number of halogens is 1. The second-order valence-corrected chi connectivity index (χ2v) is 7.29. The standard InChI is InChI=1S/C21H25ClN2O3S/c1-5-26-20(25)18-11-16(7-9-19(18)22)24-21(28)23-15(4)12-27-17-8-6-13(2)14(3)10-17/h6-11,15H,5,12H2,1-4H3,(H2,23,24,28)/t15-/m1/s1. The minimum absolute atomic E-state index is 0.0153. The van der Waals surface area contributed by atoms with E-state index in [9.17, 15) is 4.79 Å². The first-order chi connectivity index (χ1) is 13.3. The van der Waals surface area contributed by atoms with E-state index >= 15 is 0 Å². The van der Waals surface area contributed by atoms with Gasteiger partial charge in [0.25, 0.3) is 0 Å². The molecule has 0 amide bonds. The van der Waals surface area contributed by atoms with E-state index in [0.717, 1.165) is 5.75 Å². The number of esters is 1. The van der Waals surface area contributed by atoms with Gasteiger partial charge in [-0.3, -0.25) is 0 Å². The Morgan fingerprint density at radius 1 is 1.18 bits per heavy atom. The number of anilines is 1. The molecule has 0 saturated heterocycles. The fraction of sp³-hybridized carbons (Fsp3) is 0.333. The van der Waals surface area contributed by atoms with Gasteiger partial charge in [0, 0.05) is 5.69 Å². The SMILES string of the molecule is CCOC(=O)c1cc(NC(=S)N[C@H](C)COc2ccc(C)c(C)c2)ccc1Cl. The summed E-state index contributed by atoms with van der Waals surface area (Å²) in [5, 5.41) is 6.97. The van der Waals surface area contributed by atoms with Crippen molar-refractivity contribution in [3.8, 4) is 5.75 Å². The fourth-order valence-electron chi connectivity index (χ4n) is 2.43. The van der Waals surface area contributed by atoms with Crippen LogP contribution in [0.5, 0.6) is 5.75 Å². The Labute approximate surface area is 176 Å². The fourth-order valence-corrected chi connectivity index (χ4v) is 2.94. The van der Waals surface area contributed by atoms with E-state index < -0.39 is 5.97 Å². The second-order valence-electron chi connectivity index (χ2n) is 6.47. The van der Waals surface area contributed by atoms with Crippen molar-refractivity contribution < 1.29 is 14.3 Å². The zero-order valence-electron chi connectivity index (χ0n) is 16.5. The second kappa shape index (κ2) is 10.3. The van der Waals surface area contributed by atoms with Gasteiger partial charge in [-0.2, -0.15) is 0 Å². The van der Waals surface area contributed by atoms with Gasteiger partial charge in [0.2, 0.25) is 0 Å². The van der Waals surface area contributed by atoms with Gasteiger partial charge in [-0.05, 0) is 81.4 Å². The summed E-state index contributed by atoms with van der Waals surface area (Å²) in [4.78, 5) is 11.9. The highest BCUT2D eigenvalue weighted by atomic mass is 35.5. The maximum Gasteiger partial charge on any atom is 0.339 e. The number of thiocarbonyl (C=S) groups is 1. The van der Waals surface area contributed by atoms with Crippen molar-refractivity contribution >= 4 is 40.6 Å². The molecule has 5 nitrogen and oxygen atoms in total. The van der Waals surface area contributed by atoms with Gasteiger partial charge in [-0.15, -0.1) is 0 Å². The first-order valence-electron chi connectivity index (χ1n) is 9.04. The van der Waals surface area contributed by atoms with Crippen LogP contribution in [0, 0.1) is 13.8 Å². The van der Waals surface area contributed by atoms with Crippen molar-refractivity contribution in [3.05, 3.63) is 58.1 Å². The van der Waals surface area contributed by atoms with Gasteiger partial charge >= 0.3 is 5.97 Å². The summed E-state index contributed by atoms with van der Waals surface area (Å²) >= 11 is 11.4. The maximum absolute atomic E-state index is 11.9. The number of aryl methyl sites for hydroxylation is 2. The Kier molecular flexibility index (Phi) is 8.08. The molecule has 0 radical (unpaired) electrons. The van der Waals surface area contributed by atoms with E-state index in [0.29, 0.717) is 28.0 Å². The minimum Gasteiger partial charge on any atom is -0.491 e. The highest BCUT2D eigenvalue weighted by Crippen LogP contribution is 2.21. The molecule has 0 unspecified atom stereocenters. The Bertz CT molecular complexity index is 858. The van der Waals surface area contributed by atoms with Crippen LogP contribution in [-0.2, 0) is 4.74 Å². The molecule has 150 valence electrons. The van der Waals surface area contributed by atoms with Crippen molar-refractivity contribution in [2.24, 2.45) is 0 Å². The summed E-state index contributed by atoms with van der Waals surface area (Å²) in [5.74, 6) is 0.359. The third kappa shape index (κ3) is 6.39. The third-order valence-corrected chi connectivity index (χ3v) is 4.62. The van der Waals surface area contributed by atoms with Gasteiger partial charge in [0.1, 0.15) is 12.4 Å². The lowest BCUT2D eigenvalue weighted by molar-refractivity contribution is 0.0526. The van der Waals surface area contributed by atoms with Crippen LogP contribution in [0.3, 0.4) is 0 Å². The third-order valence-electron chi connectivity index (χ3n) is 4.08. The number of carbonyl (C=O) groups excluding carboxylic acids is 1. The molecule has 0 aliphatic heterocycles. The van der Waals surface area contributed by atoms with E-state index in [2.05, 4.69) is 24.5 Å². The monoisotopic (exact) mass is 420 g/mol. The number of hydrogen-bond acceptors (Lipinski definition) is 4. The molecular formula is C21H25ClN2O3S. The predicted molar refractivity (Wildman–Crippen MR) is 118 cm³/mol. The number of ether oxygens (including phenoxy) is 2. The number of rotatable bonds is 7. The van der Waals surface area contributed by atoms with Crippen LogP contribution < -0.4 is 15.4 Å². The molecule has 7 heteroatoms. The maximum atomic E-state index is 11.9. The van der Waals surface area contributed by atoms with Gasteiger partial charge in [-0.25, -0.2) is 4.79 Å². The molecular weight excluding hydrogens is 396 g/mol. The summed E-state index contributed by atoms with van der Waals surface area (Å²) in [6.45, 7) is 8.58. The largest absolute Gasteiger partial charge is 0.491 e. The molecule has 0 bridgehead atoms. The topological polar surface area (TPSA) is 59.6 Å². The summed E-state index contributed by atoms with van der Waals surface area (Å²) in [5.41, 5.74) is 3.36. The van der Waals surface area contributed by atoms with E-state index in [1.54, 1.807) is 25.1 Å². The van der Waals surface area contributed by atoms with E-state index in [-0.39, 0.29) is 12.6 Å². The van der Waals surface area contributed by atoms with Gasteiger partial charge in [-0.1, -0.05) is 17.7 Å². The Morgan fingerprint density at radius 3 is 2.61 bits per heavy atom. The molecule has 0 spiro atoms. The van der Waals surface area contributed by atoms with Crippen LogP contribution in [-0.4, -0.2) is 30.3 Å². The van der Waals surface area contributed by atoms with Crippen LogP contribution in [0.15, 0.2) is 36.4 Å². The zero-order chi connectivity index (χ0) is 20.7. The average molecular weight is 421 g/mol. The number of benzene rings is 2. The Morgan fingerprint density at radius 2 is 1.93 bits per heavy atom. The van der Waals surface area contributed by atoms with Crippen LogP contribution in [0.2, 0.25) is 5.02 Å². The average Bonchev–Trinajstić information content (AvgIpc) is 2.64. The van der Waals surface area contributed by atoms with Gasteiger partial charge in [0.15, 0.2) is 5.11 Å². The van der Waals surface area contributed by atoms with Crippen LogP contribution in [0.25, 0.3) is 0 Å². The van der Waals surface area contributed by atoms with E-state index in [1.807, 2.05) is 25.1 Å². The van der Waals surface area contributed by atoms with Gasteiger partial charge < -0.3 is 20.1 Å². The molecule has 0 aliphatic carbocycles. The number of carbonyl (C=O) groups is 1. The molecule has 0 saturated carbocycles. The van der Waals surface area contributed by atoms with Crippen molar-refractivity contribution in [2.45, 2.75) is 33.7 Å². The molecule has 28 heavy (non-hydrogen) atoms. The summed E-state index contributed by atoms with van der Waals surface area (Å²) in [7, 11) is 0. The highest BCUT2D eigenvalue weighted by Gasteiger charge is 2.13. The summed E-state index contributed by atoms with van der Waals surface area (Å²) in [6, 6.07) is 11.0. The van der Waals surface area contributed by atoms with Crippen molar-refractivity contribution in [3.63, 3.8) is 0 Å². The molecule has 0 aromatic heterocycles. The summed E-state index contributed by atoms with van der Waals surface area (Å²) in [6.07, 6.45) is 0. The molecule has 0 heterocycles. The molecule has 0 aliphatic rings. The number of nitrogens with one attached hydrogen (secondary N) is 2. The Hall–Kier alpha value is -2.31. The van der Waals surface area contributed by atoms with Crippen molar-refractivity contribution in [1.29, 1.82) is 0 Å². The first kappa shape index (κ1) is 22.0. The van der Waals surface area contributed by atoms with Crippen molar-refractivity contribution in [1.82, 2.24) is 5.32 Å². The predicted octanol–water partition coefficient (Wildman–Crippen LogP) is 4.89. The number of hydrogen-bond donors (Lipinski definition) is 2. The molecule has 2 aromatic carbocycles. The van der Waals surface area contributed by atoms with Gasteiger partial charge in [0.05, 0.1) is 23.2 Å². The highest BCUT2D eigenvalue weighted by molar-refractivity contribution is 7.80. The molecule has 2 rings (SSSR count). The van der Waals surface area contributed by atoms with E-state index in [4.69, 9.17) is 33.3 Å². The van der Waals surface area contributed by atoms with E-state index in [1.165, 1.54) is 11.1 Å². The quantitative estimate of drug-likeness (QED) is 0.491. The Balaban J connectivity index is 1.89. The van der Waals surface area contributed by atoms with Crippen LogP contribution in [0.1, 0.15) is 35.3 Å². The van der Waals surface area contributed by atoms with Crippen molar-refractivity contribution in [2.75, 3.05) is 18.5 Å². The lowest BCUT2D eigenvalue weighted by atomic mass is 10.1. The molecule has 2 aromatic rings. The van der Waals surface area contributed by atoms with Crippen LogP contribution in [0.4, 0.5) is 5.69 Å². The zero-order valence-corrected chi connectivity index (χ0v) is 18.0. The van der Waals surface area contributed by atoms with Crippen LogP contribution >= 0.6 is 23.8 Å². The molecule has 2 N–H and O–H groups in total. The smallest absolute Gasteiger partial charge is 0.339 e.